The zero-order chi connectivity index (χ0) is 20.4. The normalized spacial score (nSPS) is 19.4. The molecule has 0 saturated carbocycles. The smallest absolute Gasteiger partial charge is 0.279 e. The highest BCUT2D eigenvalue weighted by molar-refractivity contribution is 7.71. The molecule has 3 N–H and O–H groups in total. The lowest BCUT2D eigenvalue weighted by Gasteiger charge is -2.29. The quantitative estimate of drug-likeness (QED) is 0.547. The molecule has 0 spiro atoms. The predicted molar refractivity (Wildman–Crippen MR) is 116 cm³/mol. The molecule has 0 radical (unpaired) electrons. The van der Waals surface area contributed by atoms with Crippen LogP contribution in [0.1, 0.15) is 11.1 Å². The van der Waals surface area contributed by atoms with E-state index >= 15 is 0 Å². The Morgan fingerprint density at radius 2 is 1.69 bits per heavy atom. The Morgan fingerprint density at radius 1 is 1.03 bits per heavy atom. The van der Waals surface area contributed by atoms with Crippen molar-refractivity contribution in [2.75, 3.05) is 38.0 Å². The summed E-state index contributed by atoms with van der Waals surface area (Å²) >= 11 is 5.41. The Labute approximate surface area is 175 Å². The fourth-order valence-corrected chi connectivity index (χ4v) is 4.35. The molecule has 0 atom stereocenters. The van der Waals surface area contributed by atoms with Crippen LogP contribution in [0.5, 0.6) is 0 Å². The first-order valence-electron chi connectivity index (χ1n) is 10.1. The molecular weight excluding hydrogens is 384 g/mol. The van der Waals surface area contributed by atoms with Crippen molar-refractivity contribution in [2.24, 2.45) is 0 Å². The minimum absolute atomic E-state index is 0.0869. The second-order valence-electron chi connectivity index (χ2n) is 7.91. The molecule has 152 valence electrons. The van der Waals surface area contributed by atoms with Crippen molar-refractivity contribution in [1.82, 2.24) is 4.57 Å². The molecule has 2 aromatic carbocycles. The summed E-state index contributed by atoms with van der Waals surface area (Å²) in [5, 5.41) is 3.10. The molecule has 4 rings (SSSR count). The second-order valence-corrected chi connectivity index (χ2v) is 8.26. The van der Waals surface area contributed by atoms with Crippen LogP contribution in [-0.4, -0.2) is 43.2 Å². The standard InChI is InChI=1S/C22H26N4O2S/c1-16-6-5-7-17(2)21(16)23-20(27)14-24-10-12-25(13-11-24)15-26-18-8-3-4-9-19(18)28-22(26)29/h3-9H,10-15H2,1-2H3,(H,23,27)/p+2. The van der Waals surface area contributed by atoms with Gasteiger partial charge in [0.15, 0.2) is 18.8 Å². The van der Waals surface area contributed by atoms with Crippen LogP contribution in [0.4, 0.5) is 5.69 Å². The van der Waals surface area contributed by atoms with Crippen LogP contribution in [0.15, 0.2) is 46.9 Å². The average molecular weight is 413 g/mol. The molecule has 3 aromatic rings. The van der Waals surface area contributed by atoms with Crippen molar-refractivity contribution in [3.8, 4) is 0 Å². The summed E-state index contributed by atoms with van der Waals surface area (Å²) in [6.45, 7) is 9.33. The van der Waals surface area contributed by atoms with Crippen molar-refractivity contribution < 1.29 is 19.0 Å². The number of benzene rings is 2. The molecule has 0 bridgehead atoms. The van der Waals surface area contributed by atoms with Crippen molar-refractivity contribution in [3.63, 3.8) is 0 Å². The van der Waals surface area contributed by atoms with Gasteiger partial charge in [-0.2, -0.15) is 0 Å². The molecular formula is C22H28N4O2S+2. The number of rotatable bonds is 5. The molecule has 2 heterocycles. The number of aromatic nitrogens is 1. The van der Waals surface area contributed by atoms with E-state index in [1.807, 2.05) is 56.3 Å². The second kappa shape index (κ2) is 8.49. The van der Waals surface area contributed by atoms with Gasteiger partial charge in [-0.15, -0.1) is 0 Å². The first kappa shape index (κ1) is 19.8. The summed E-state index contributed by atoms with van der Waals surface area (Å²) in [5.74, 6) is 0.0869. The van der Waals surface area contributed by atoms with Crippen LogP contribution in [0, 0.1) is 18.7 Å². The number of para-hydroxylation sites is 3. The van der Waals surface area contributed by atoms with Crippen LogP contribution in [-0.2, 0) is 11.5 Å². The topological polar surface area (TPSA) is 56.0 Å². The Kier molecular flexibility index (Phi) is 5.80. The number of hydrogen-bond donors (Lipinski definition) is 3. The maximum Gasteiger partial charge on any atom is 0.279 e. The number of oxazole rings is 1. The molecule has 1 aliphatic heterocycles. The summed E-state index contributed by atoms with van der Waals surface area (Å²) in [4.78, 5) is 15.9. The monoisotopic (exact) mass is 412 g/mol. The number of nitrogens with one attached hydrogen (secondary N) is 3. The molecule has 1 saturated heterocycles. The number of fused-ring (bicyclic) bond motifs is 1. The third-order valence-corrected chi connectivity index (χ3v) is 6.08. The van der Waals surface area contributed by atoms with Crippen molar-refractivity contribution in [2.45, 2.75) is 20.5 Å². The Morgan fingerprint density at radius 3 is 2.41 bits per heavy atom. The molecule has 0 unspecified atom stereocenters. The van der Waals surface area contributed by atoms with E-state index in [1.54, 1.807) is 0 Å². The number of carbonyl (C=O) groups excluding carboxylic acids is 1. The zero-order valence-corrected chi connectivity index (χ0v) is 17.8. The highest BCUT2D eigenvalue weighted by Gasteiger charge is 2.26. The summed E-state index contributed by atoms with van der Waals surface area (Å²) < 4.78 is 7.78. The van der Waals surface area contributed by atoms with E-state index < -0.39 is 0 Å². The van der Waals surface area contributed by atoms with Crippen LogP contribution >= 0.6 is 12.2 Å². The molecule has 7 heteroatoms. The van der Waals surface area contributed by atoms with Crippen molar-refractivity contribution >= 4 is 34.9 Å². The third kappa shape index (κ3) is 4.42. The van der Waals surface area contributed by atoms with Crippen LogP contribution in [0.3, 0.4) is 0 Å². The molecule has 0 aliphatic carbocycles. The summed E-state index contributed by atoms with van der Waals surface area (Å²) in [6, 6.07) is 14.0. The molecule has 29 heavy (non-hydrogen) atoms. The van der Waals surface area contributed by atoms with Gasteiger partial charge < -0.3 is 19.5 Å². The van der Waals surface area contributed by atoms with E-state index in [1.165, 1.54) is 9.80 Å². The fourth-order valence-electron chi connectivity index (χ4n) is 4.10. The van der Waals surface area contributed by atoms with Crippen molar-refractivity contribution in [3.05, 3.63) is 58.4 Å². The largest absolute Gasteiger partial charge is 0.429 e. The maximum absolute atomic E-state index is 12.5. The first-order valence-corrected chi connectivity index (χ1v) is 10.5. The average Bonchev–Trinajstić information content (AvgIpc) is 3.02. The lowest BCUT2D eigenvalue weighted by atomic mass is 10.1. The minimum atomic E-state index is 0.0869. The number of quaternary nitrogens is 2. The number of aryl methyl sites for hydroxylation is 2. The van der Waals surface area contributed by atoms with Gasteiger partial charge in [0.1, 0.15) is 26.2 Å². The number of amides is 1. The van der Waals surface area contributed by atoms with Gasteiger partial charge in [-0.25, -0.2) is 0 Å². The number of nitrogens with zero attached hydrogens (tertiary/aromatic N) is 1. The van der Waals surface area contributed by atoms with Crippen LogP contribution < -0.4 is 15.1 Å². The summed E-state index contributed by atoms with van der Waals surface area (Å²) in [5.41, 5.74) is 5.04. The summed E-state index contributed by atoms with van der Waals surface area (Å²) in [7, 11) is 0. The van der Waals surface area contributed by atoms with Gasteiger partial charge in [-0.05, 0) is 49.3 Å². The van der Waals surface area contributed by atoms with Gasteiger partial charge in [-0.3, -0.25) is 9.36 Å². The van der Waals surface area contributed by atoms with E-state index in [0.29, 0.717) is 11.4 Å². The lowest BCUT2D eigenvalue weighted by Crippen LogP contribution is -3.28. The molecule has 1 amide bonds. The van der Waals surface area contributed by atoms with E-state index in [9.17, 15) is 4.79 Å². The molecule has 6 nitrogen and oxygen atoms in total. The zero-order valence-electron chi connectivity index (χ0n) is 17.0. The SMILES string of the molecule is Cc1cccc(C)c1NC(=O)C[NH+]1CC[NH+](Cn2c(=S)oc3ccccc32)CC1. The number of hydrogen-bond acceptors (Lipinski definition) is 3. The van der Waals surface area contributed by atoms with Gasteiger partial charge >= 0.3 is 0 Å². The Balaban J connectivity index is 1.32. The highest BCUT2D eigenvalue weighted by atomic mass is 32.1. The fraction of sp³-hybridized carbons (Fsp3) is 0.364. The summed E-state index contributed by atoms with van der Waals surface area (Å²) in [6.07, 6.45) is 0. The molecule has 1 aliphatic rings. The van der Waals surface area contributed by atoms with E-state index in [4.69, 9.17) is 16.6 Å². The van der Waals surface area contributed by atoms with E-state index in [-0.39, 0.29) is 5.91 Å². The number of anilines is 1. The Bertz CT molecular complexity index is 1060. The Hall–Kier alpha value is -2.48. The molecule has 1 fully saturated rings. The van der Waals surface area contributed by atoms with Gasteiger partial charge in [0.05, 0.1) is 5.52 Å². The van der Waals surface area contributed by atoms with Crippen LogP contribution in [0.25, 0.3) is 11.1 Å². The number of carbonyl (C=O) groups is 1. The van der Waals surface area contributed by atoms with Gasteiger partial charge in [0, 0.05) is 5.69 Å². The molecule has 1 aromatic heterocycles. The maximum atomic E-state index is 12.5. The predicted octanol–water partition coefficient (Wildman–Crippen LogP) is 0.960. The third-order valence-electron chi connectivity index (χ3n) is 5.78. The van der Waals surface area contributed by atoms with Gasteiger partial charge in [0.25, 0.3) is 10.7 Å². The van der Waals surface area contributed by atoms with Gasteiger partial charge in [-0.1, -0.05) is 30.3 Å². The van der Waals surface area contributed by atoms with Crippen LogP contribution in [0.2, 0.25) is 0 Å². The highest BCUT2D eigenvalue weighted by Crippen LogP contribution is 2.19. The first-order chi connectivity index (χ1) is 14.0. The van der Waals surface area contributed by atoms with Crippen molar-refractivity contribution in [1.29, 1.82) is 0 Å². The van der Waals surface area contributed by atoms with Gasteiger partial charge in [0.2, 0.25) is 0 Å². The van der Waals surface area contributed by atoms with E-state index in [2.05, 4.69) is 9.88 Å². The number of piperazine rings is 1. The lowest BCUT2D eigenvalue weighted by molar-refractivity contribution is -1.02. The van der Waals surface area contributed by atoms with E-state index in [0.717, 1.165) is 60.8 Å². The minimum Gasteiger partial charge on any atom is -0.429 e.